The van der Waals surface area contributed by atoms with E-state index in [1.807, 2.05) is 54.6 Å². The van der Waals surface area contributed by atoms with Crippen molar-refractivity contribution >= 4 is 27.3 Å². The van der Waals surface area contributed by atoms with Crippen LogP contribution in [0.4, 0.5) is 0 Å². The Labute approximate surface area is 183 Å². The van der Waals surface area contributed by atoms with E-state index in [4.69, 9.17) is 16.3 Å². The normalized spacial score (nSPS) is 16.2. The average molecular weight is 450 g/mol. The van der Waals surface area contributed by atoms with Crippen LogP contribution in [0.25, 0.3) is 0 Å². The number of hydrogen-bond donors (Lipinski definition) is 1. The number of amides is 1. The lowest BCUT2D eigenvalue weighted by Gasteiger charge is -2.38. The fourth-order valence-electron chi connectivity index (χ4n) is 3.88. The van der Waals surface area contributed by atoms with E-state index in [1.165, 1.54) is 0 Å². The van der Waals surface area contributed by atoms with Gasteiger partial charge in [-0.25, -0.2) is 8.42 Å². The third kappa shape index (κ3) is 6.56. The van der Waals surface area contributed by atoms with Crippen LogP contribution < -0.4 is 5.32 Å². The predicted octanol–water partition coefficient (Wildman–Crippen LogP) is 3.55. The molecule has 0 radical (unpaired) electrons. The van der Waals surface area contributed by atoms with Crippen molar-refractivity contribution in [2.45, 2.75) is 31.1 Å². The molecule has 0 spiro atoms. The zero-order valence-electron chi connectivity index (χ0n) is 17.0. The summed E-state index contributed by atoms with van der Waals surface area (Å²) in [6.07, 6.45) is 2.68. The lowest BCUT2D eigenvalue weighted by atomic mass is 9.74. The highest BCUT2D eigenvalue weighted by atomic mass is 35.5. The minimum atomic E-state index is -3.45. The number of carbonyl (C=O) groups is 1. The maximum atomic E-state index is 12.4. The number of nitrogens with one attached hydrogen (secondary N) is 1. The van der Waals surface area contributed by atoms with Gasteiger partial charge in [-0.2, -0.15) is 0 Å². The Hall–Kier alpha value is -1.89. The van der Waals surface area contributed by atoms with Gasteiger partial charge in [0, 0.05) is 30.2 Å². The van der Waals surface area contributed by atoms with Crippen molar-refractivity contribution < 1.29 is 17.9 Å². The first kappa shape index (κ1) is 22.8. The Kier molecular flexibility index (Phi) is 7.92. The number of benzene rings is 2. The highest BCUT2D eigenvalue weighted by molar-refractivity contribution is 7.92. The van der Waals surface area contributed by atoms with E-state index >= 15 is 0 Å². The number of halogens is 1. The SMILES string of the molecule is O=C(CS(=O)(=O)CCCc1ccccc1)NCC1(c2cccc(Cl)c2)CCOCC1. The molecule has 0 saturated carbocycles. The number of rotatable bonds is 9. The number of aryl methyl sites for hydroxylation is 1. The van der Waals surface area contributed by atoms with Crippen molar-refractivity contribution in [1.82, 2.24) is 5.32 Å². The van der Waals surface area contributed by atoms with Gasteiger partial charge in [-0.15, -0.1) is 0 Å². The van der Waals surface area contributed by atoms with Gasteiger partial charge in [-0.3, -0.25) is 4.79 Å². The molecule has 162 valence electrons. The second kappa shape index (κ2) is 10.4. The number of ether oxygens (including phenoxy) is 1. The van der Waals surface area contributed by atoms with Crippen LogP contribution in [0, 0.1) is 0 Å². The maximum absolute atomic E-state index is 12.4. The summed E-state index contributed by atoms with van der Waals surface area (Å²) in [5, 5.41) is 3.50. The molecule has 0 aromatic heterocycles. The van der Waals surface area contributed by atoms with E-state index in [0.29, 0.717) is 37.6 Å². The fourth-order valence-corrected chi connectivity index (χ4v) is 5.30. The quantitative estimate of drug-likeness (QED) is 0.635. The second-order valence-corrected chi connectivity index (χ2v) is 10.5. The van der Waals surface area contributed by atoms with Gasteiger partial charge < -0.3 is 10.1 Å². The molecule has 1 amide bonds. The third-order valence-corrected chi connectivity index (χ3v) is 7.47. The van der Waals surface area contributed by atoms with E-state index < -0.39 is 21.5 Å². The lowest BCUT2D eigenvalue weighted by molar-refractivity contribution is -0.119. The topological polar surface area (TPSA) is 72.5 Å². The van der Waals surface area contributed by atoms with E-state index in [1.54, 1.807) is 0 Å². The lowest BCUT2D eigenvalue weighted by Crippen LogP contribution is -2.46. The standard InChI is InChI=1S/C23H28ClNO4S/c24-21-10-4-9-20(16-21)23(11-13-29-14-12-23)18-25-22(26)17-30(27,28)15-5-8-19-6-2-1-3-7-19/h1-4,6-7,9-10,16H,5,8,11-15,17-18H2,(H,25,26). The van der Waals surface area contributed by atoms with Gasteiger partial charge in [-0.1, -0.05) is 54.1 Å². The molecule has 0 aliphatic carbocycles. The molecule has 2 aromatic rings. The highest BCUT2D eigenvalue weighted by Gasteiger charge is 2.35. The summed E-state index contributed by atoms with van der Waals surface area (Å²) in [5.41, 5.74) is 1.85. The molecule has 2 aromatic carbocycles. The van der Waals surface area contributed by atoms with E-state index in [-0.39, 0.29) is 11.2 Å². The largest absolute Gasteiger partial charge is 0.381 e. The molecule has 7 heteroatoms. The summed E-state index contributed by atoms with van der Waals surface area (Å²) in [5.74, 6) is -0.936. The number of hydrogen-bond acceptors (Lipinski definition) is 4. The Morgan fingerprint density at radius 3 is 2.50 bits per heavy atom. The van der Waals surface area contributed by atoms with Gasteiger partial charge in [0.25, 0.3) is 0 Å². The summed E-state index contributed by atoms with van der Waals surface area (Å²) in [6, 6.07) is 17.4. The van der Waals surface area contributed by atoms with Crippen molar-refractivity contribution in [2.24, 2.45) is 0 Å². The summed E-state index contributed by atoms with van der Waals surface area (Å²) in [4.78, 5) is 12.4. The van der Waals surface area contributed by atoms with Crippen molar-refractivity contribution in [2.75, 3.05) is 31.3 Å². The van der Waals surface area contributed by atoms with E-state index in [2.05, 4.69) is 5.32 Å². The van der Waals surface area contributed by atoms with E-state index in [0.717, 1.165) is 24.0 Å². The van der Waals surface area contributed by atoms with Crippen molar-refractivity contribution in [3.8, 4) is 0 Å². The molecule has 30 heavy (non-hydrogen) atoms. The van der Waals surface area contributed by atoms with Gasteiger partial charge in [0.2, 0.25) is 5.91 Å². The zero-order chi connectivity index (χ0) is 21.5. The molecule has 1 aliphatic rings. The predicted molar refractivity (Wildman–Crippen MR) is 120 cm³/mol. The summed E-state index contributed by atoms with van der Waals surface area (Å²) in [6.45, 7) is 1.56. The molecule has 1 saturated heterocycles. The second-order valence-electron chi connectivity index (χ2n) is 7.86. The van der Waals surface area contributed by atoms with E-state index in [9.17, 15) is 13.2 Å². The van der Waals surface area contributed by atoms with Crippen LogP contribution >= 0.6 is 11.6 Å². The molecule has 3 rings (SSSR count). The van der Waals surface area contributed by atoms with Crippen LogP contribution in [-0.4, -0.2) is 45.6 Å². The Balaban J connectivity index is 1.54. The summed E-state index contributed by atoms with van der Waals surface area (Å²) >= 11 is 6.17. The molecule has 5 nitrogen and oxygen atoms in total. The van der Waals surface area contributed by atoms with Gasteiger partial charge in [0.05, 0.1) is 5.75 Å². The highest BCUT2D eigenvalue weighted by Crippen LogP contribution is 2.35. The first-order valence-electron chi connectivity index (χ1n) is 10.2. The molecular weight excluding hydrogens is 422 g/mol. The average Bonchev–Trinajstić information content (AvgIpc) is 2.73. The third-order valence-electron chi connectivity index (χ3n) is 5.63. The minimum Gasteiger partial charge on any atom is -0.381 e. The molecule has 0 bridgehead atoms. The van der Waals surface area contributed by atoms with Crippen LogP contribution in [0.3, 0.4) is 0 Å². The summed E-state index contributed by atoms with van der Waals surface area (Å²) in [7, 11) is -3.45. The molecule has 1 aliphatic heterocycles. The molecule has 1 heterocycles. The van der Waals surface area contributed by atoms with Crippen molar-refractivity contribution in [3.05, 3.63) is 70.7 Å². The van der Waals surface area contributed by atoms with Gasteiger partial charge >= 0.3 is 0 Å². The van der Waals surface area contributed by atoms with Crippen LogP contribution in [0.5, 0.6) is 0 Å². The van der Waals surface area contributed by atoms with Crippen LogP contribution in [0.1, 0.15) is 30.4 Å². The van der Waals surface area contributed by atoms with Gasteiger partial charge in [-0.05, 0) is 48.9 Å². The zero-order valence-corrected chi connectivity index (χ0v) is 18.6. The van der Waals surface area contributed by atoms with Gasteiger partial charge in [0.1, 0.15) is 5.75 Å². The monoisotopic (exact) mass is 449 g/mol. The smallest absolute Gasteiger partial charge is 0.235 e. The minimum absolute atomic E-state index is 0.00257. The maximum Gasteiger partial charge on any atom is 0.235 e. The van der Waals surface area contributed by atoms with Gasteiger partial charge in [0.15, 0.2) is 9.84 Å². The molecule has 1 N–H and O–H groups in total. The van der Waals surface area contributed by atoms with Crippen molar-refractivity contribution in [1.29, 1.82) is 0 Å². The number of carbonyl (C=O) groups excluding carboxylic acids is 1. The molecule has 0 atom stereocenters. The first-order chi connectivity index (χ1) is 14.4. The van der Waals surface area contributed by atoms with Crippen molar-refractivity contribution in [3.63, 3.8) is 0 Å². The Bertz CT molecular complexity index is 941. The first-order valence-corrected chi connectivity index (χ1v) is 12.4. The summed E-state index contributed by atoms with van der Waals surface area (Å²) < 4.78 is 30.3. The molecular formula is C23H28ClNO4S. The number of sulfone groups is 1. The Morgan fingerprint density at radius 2 is 1.80 bits per heavy atom. The molecule has 1 fully saturated rings. The molecule has 0 unspecified atom stereocenters. The fraction of sp³-hybridized carbons (Fsp3) is 0.435. The Morgan fingerprint density at radius 1 is 1.07 bits per heavy atom. The van der Waals surface area contributed by atoms with Crippen LogP contribution in [0.15, 0.2) is 54.6 Å². The van der Waals surface area contributed by atoms with Crippen LogP contribution in [0.2, 0.25) is 5.02 Å². The van der Waals surface area contributed by atoms with Crippen LogP contribution in [-0.2, 0) is 31.2 Å².